The molecule has 7 nitrogen and oxygen atoms in total. The van der Waals surface area contributed by atoms with E-state index in [1.165, 1.54) is 0 Å². The van der Waals surface area contributed by atoms with Gasteiger partial charge in [0.05, 0.1) is 24.2 Å². The second-order valence-electron chi connectivity index (χ2n) is 12.3. The molecule has 1 aromatic heterocycles. The Kier molecular flexibility index (Phi) is 9.98. The molecule has 1 atom stereocenters. The number of nitrogens with two attached hydrogens (primary N) is 2. The number of rotatable bonds is 14. The van der Waals surface area contributed by atoms with E-state index in [4.69, 9.17) is 25.4 Å². The maximum atomic E-state index is 14.5. The van der Waals surface area contributed by atoms with E-state index in [0.717, 1.165) is 10.9 Å². The summed E-state index contributed by atoms with van der Waals surface area (Å²) in [5.41, 5.74) is 10.9. The van der Waals surface area contributed by atoms with Crippen LogP contribution in [0.2, 0.25) is 0 Å². The SMILES string of the molecule is CC(C)(N)CC(C)(C(=O)OCCCC(F)(F)CCCOc1ccc2cc(-c3ccccc3)c(=O)oc2c1)C(C)(C)N. The maximum Gasteiger partial charge on any atom is 0.344 e. The topological polar surface area (TPSA) is 118 Å². The second-order valence-corrected chi connectivity index (χ2v) is 12.3. The highest BCUT2D eigenvalue weighted by molar-refractivity contribution is 5.82. The number of benzene rings is 2. The van der Waals surface area contributed by atoms with Gasteiger partial charge in [0, 0.05) is 35.4 Å². The Bertz CT molecular complexity index is 1380. The lowest BCUT2D eigenvalue weighted by Gasteiger charge is -2.42. The average Bonchev–Trinajstić information content (AvgIpc) is 2.87. The van der Waals surface area contributed by atoms with Crippen LogP contribution < -0.4 is 21.8 Å². The predicted molar refractivity (Wildman–Crippen MR) is 157 cm³/mol. The zero-order chi connectivity index (χ0) is 30.5. The molecule has 224 valence electrons. The lowest BCUT2D eigenvalue weighted by molar-refractivity contribution is -0.161. The Hall–Kier alpha value is -3.30. The predicted octanol–water partition coefficient (Wildman–Crippen LogP) is 6.45. The molecule has 1 heterocycles. The van der Waals surface area contributed by atoms with Gasteiger partial charge in [-0.1, -0.05) is 30.3 Å². The van der Waals surface area contributed by atoms with Gasteiger partial charge in [-0.15, -0.1) is 0 Å². The summed E-state index contributed by atoms with van der Waals surface area (Å²) >= 11 is 0. The Morgan fingerprint density at radius 1 is 0.902 bits per heavy atom. The first-order valence-electron chi connectivity index (χ1n) is 13.9. The van der Waals surface area contributed by atoms with E-state index < -0.39 is 40.4 Å². The molecule has 41 heavy (non-hydrogen) atoms. The van der Waals surface area contributed by atoms with Crippen molar-refractivity contribution in [1.29, 1.82) is 0 Å². The van der Waals surface area contributed by atoms with Gasteiger partial charge in [-0.25, -0.2) is 13.6 Å². The van der Waals surface area contributed by atoms with E-state index in [2.05, 4.69) is 0 Å². The number of ether oxygens (including phenoxy) is 2. The standard InChI is InChI=1S/C32H42F2N2O5/c1-29(2,35)21-31(5,30(3,4)36)28(38)40-18-10-16-32(33,34)15-9-17-39-24-14-13-23-19-25(22-11-7-6-8-12-22)27(37)41-26(23)20-24/h6-8,11-14,19-20H,9-10,15-18,21,35-36H2,1-5H3. The molecule has 4 N–H and O–H groups in total. The molecule has 0 saturated carbocycles. The summed E-state index contributed by atoms with van der Waals surface area (Å²) < 4.78 is 45.4. The van der Waals surface area contributed by atoms with Crippen molar-refractivity contribution >= 4 is 16.9 Å². The van der Waals surface area contributed by atoms with Crippen molar-refractivity contribution < 1.29 is 27.5 Å². The molecule has 3 aromatic rings. The third kappa shape index (κ3) is 8.84. The fourth-order valence-electron chi connectivity index (χ4n) is 4.78. The van der Waals surface area contributed by atoms with Gasteiger partial charge in [-0.05, 0) is 77.6 Å². The van der Waals surface area contributed by atoms with Gasteiger partial charge >= 0.3 is 11.6 Å². The van der Waals surface area contributed by atoms with Crippen LogP contribution in [0, 0.1) is 5.41 Å². The van der Waals surface area contributed by atoms with Crippen LogP contribution in [0.1, 0.15) is 66.7 Å². The first-order chi connectivity index (χ1) is 19.0. The van der Waals surface area contributed by atoms with Gasteiger partial charge in [0.15, 0.2) is 0 Å². The Balaban J connectivity index is 1.46. The zero-order valence-corrected chi connectivity index (χ0v) is 24.6. The van der Waals surface area contributed by atoms with Crippen molar-refractivity contribution in [3.63, 3.8) is 0 Å². The maximum absolute atomic E-state index is 14.5. The smallest absolute Gasteiger partial charge is 0.344 e. The number of hydrogen-bond acceptors (Lipinski definition) is 7. The molecule has 0 saturated heterocycles. The van der Waals surface area contributed by atoms with E-state index in [1.54, 1.807) is 58.9 Å². The van der Waals surface area contributed by atoms with Crippen LogP contribution in [0.3, 0.4) is 0 Å². The van der Waals surface area contributed by atoms with Crippen molar-refractivity contribution in [1.82, 2.24) is 0 Å². The van der Waals surface area contributed by atoms with Gasteiger partial charge in [-0.3, -0.25) is 4.79 Å². The number of hydrogen-bond donors (Lipinski definition) is 2. The number of carbonyl (C=O) groups excluding carboxylic acids is 1. The van der Waals surface area contributed by atoms with Crippen LogP contribution in [-0.4, -0.2) is 36.2 Å². The minimum atomic E-state index is -2.94. The molecular weight excluding hydrogens is 530 g/mol. The van der Waals surface area contributed by atoms with E-state index in [1.807, 2.05) is 30.3 Å². The lowest BCUT2D eigenvalue weighted by atomic mass is 9.67. The van der Waals surface area contributed by atoms with E-state index in [-0.39, 0.29) is 38.9 Å². The average molecular weight is 573 g/mol. The Morgan fingerprint density at radius 3 is 2.15 bits per heavy atom. The fourth-order valence-corrected chi connectivity index (χ4v) is 4.78. The van der Waals surface area contributed by atoms with Crippen molar-refractivity contribution in [3.8, 4) is 16.9 Å². The minimum Gasteiger partial charge on any atom is -0.493 e. The molecule has 0 aliphatic heterocycles. The monoisotopic (exact) mass is 572 g/mol. The van der Waals surface area contributed by atoms with E-state index >= 15 is 0 Å². The number of esters is 1. The van der Waals surface area contributed by atoms with Gasteiger partial charge in [0.2, 0.25) is 5.92 Å². The molecule has 3 rings (SSSR count). The van der Waals surface area contributed by atoms with Crippen LogP contribution in [0.4, 0.5) is 8.78 Å². The summed E-state index contributed by atoms with van der Waals surface area (Å²) in [6.07, 6.45) is -0.375. The van der Waals surface area contributed by atoms with Crippen LogP contribution in [0.25, 0.3) is 22.1 Å². The van der Waals surface area contributed by atoms with E-state index in [0.29, 0.717) is 16.9 Å². The normalized spacial score (nSPS) is 14.1. The van der Waals surface area contributed by atoms with Gasteiger partial charge in [0.25, 0.3) is 0 Å². The molecule has 9 heteroatoms. The van der Waals surface area contributed by atoms with Crippen molar-refractivity contribution in [2.75, 3.05) is 13.2 Å². The highest BCUT2D eigenvalue weighted by Crippen LogP contribution is 2.38. The van der Waals surface area contributed by atoms with Crippen LogP contribution in [-0.2, 0) is 9.53 Å². The molecule has 0 bridgehead atoms. The number of halogens is 2. The van der Waals surface area contributed by atoms with E-state index in [9.17, 15) is 18.4 Å². The number of fused-ring (bicyclic) bond motifs is 1. The molecule has 0 aliphatic rings. The van der Waals surface area contributed by atoms with Crippen molar-refractivity contribution in [2.24, 2.45) is 16.9 Å². The number of carbonyl (C=O) groups is 1. The van der Waals surface area contributed by atoms with Crippen LogP contribution in [0.15, 0.2) is 63.8 Å². The molecular formula is C32H42F2N2O5. The lowest BCUT2D eigenvalue weighted by Crippen LogP contribution is -2.58. The second kappa shape index (κ2) is 12.7. The third-order valence-corrected chi connectivity index (χ3v) is 7.35. The summed E-state index contributed by atoms with van der Waals surface area (Å²) in [7, 11) is 0. The summed E-state index contributed by atoms with van der Waals surface area (Å²) in [4.78, 5) is 25.3. The number of alkyl halides is 2. The quantitative estimate of drug-likeness (QED) is 0.129. The Morgan fingerprint density at radius 2 is 1.54 bits per heavy atom. The first kappa shape index (κ1) is 32.2. The first-order valence-corrected chi connectivity index (χ1v) is 13.9. The summed E-state index contributed by atoms with van der Waals surface area (Å²) in [5, 5.41) is 0.727. The largest absolute Gasteiger partial charge is 0.493 e. The minimum absolute atomic E-state index is 0.0152. The molecule has 0 amide bonds. The van der Waals surface area contributed by atoms with Gasteiger partial charge in [-0.2, -0.15) is 0 Å². The van der Waals surface area contributed by atoms with Crippen molar-refractivity contribution in [3.05, 3.63) is 65.0 Å². The third-order valence-electron chi connectivity index (χ3n) is 7.35. The zero-order valence-electron chi connectivity index (χ0n) is 24.6. The summed E-state index contributed by atoms with van der Waals surface area (Å²) in [5.74, 6) is -3.05. The Labute approximate surface area is 240 Å². The van der Waals surface area contributed by atoms with Gasteiger partial charge < -0.3 is 25.4 Å². The molecule has 2 aromatic carbocycles. The molecule has 0 radical (unpaired) electrons. The van der Waals surface area contributed by atoms with Crippen molar-refractivity contribution in [2.45, 2.75) is 83.7 Å². The molecule has 0 spiro atoms. The molecule has 1 unspecified atom stereocenters. The van der Waals surface area contributed by atoms with Crippen LogP contribution >= 0.6 is 0 Å². The summed E-state index contributed by atoms with van der Waals surface area (Å²) in [6.45, 7) is 8.69. The molecule has 0 fully saturated rings. The highest BCUT2D eigenvalue weighted by Gasteiger charge is 2.48. The molecule has 0 aliphatic carbocycles. The highest BCUT2D eigenvalue weighted by atomic mass is 19.3. The van der Waals surface area contributed by atoms with Crippen LogP contribution in [0.5, 0.6) is 5.75 Å². The van der Waals surface area contributed by atoms with Gasteiger partial charge in [0.1, 0.15) is 11.3 Å². The summed E-state index contributed by atoms with van der Waals surface area (Å²) in [6, 6.07) is 16.0. The fraction of sp³-hybridized carbons (Fsp3) is 0.500.